The number of fused-ring (bicyclic) bond motifs is 1. The monoisotopic (exact) mass is 202 g/mol. The van der Waals surface area contributed by atoms with Gasteiger partial charge in [0.05, 0.1) is 13.2 Å². The SMILES string of the molecule is Nc1cc(-c2ccc3c(c2)COC3)no1. The Bertz CT molecular complexity index is 505. The molecule has 2 N–H and O–H groups in total. The molecule has 4 nitrogen and oxygen atoms in total. The molecule has 2 aromatic rings. The van der Waals surface area contributed by atoms with Gasteiger partial charge in [0.15, 0.2) is 0 Å². The molecule has 3 rings (SSSR count). The fourth-order valence-electron chi connectivity index (χ4n) is 1.76. The quantitative estimate of drug-likeness (QED) is 0.767. The van der Waals surface area contributed by atoms with Crippen LogP contribution in [0.25, 0.3) is 11.3 Å². The number of aromatic nitrogens is 1. The first kappa shape index (κ1) is 8.49. The first-order chi connectivity index (χ1) is 7.33. The minimum Gasteiger partial charge on any atom is -0.372 e. The van der Waals surface area contributed by atoms with Crippen molar-refractivity contribution in [3.05, 3.63) is 35.4 Å². The van der Waals surface area contributed by atoms with E-state index < -0.39 is 0 Å². The molecule has 0 fully saturated rings. The summed E-state index contributed by atoms with van der Waals surface area (Å²) < 4.78 is 10.2. The lowest BCUT2D eigenvalue weighted by atomic mass is 10.0. The minimum absolute atomic E-state index is 0.335. The first-order valence-corrected chi connectivity index (χ1v) is 4.75. The molecule has 0 unspecified atom stereocenters. The average Bonchev–Trinajstić information content (AvgIpc) is 2.84. The summed E-state index contributed by atoms with van der Waals surface area (Å²) >= 11 is 0. The van der Waals surface area contributed by atoms with Gasteiger partial charge in [-0.2, -0.15) is 0 Å². The van der Waals surface area contributed by atoms with Crippen LogP contribution in [0.2, 0.25) is 0 Å². The van der Waals surface area contributed by atoms with Gasteiger partial charge in [0.25, 0.3) is 0 Å². The summed E-state index contributed by atoms with van der Waals surface area (Å²) in [6, 6.07) is 7.85. The van der Waals surface area contributed by atoms with Crippen LogP contribution in [0.3, 0.4) is 0 Å². The molecule has 2 heterocycles. The molecule has 0 saturated heterocycles. The van der Waals surface area contributed by atoms with E-state index in [2.05, 4.69) is 17.3 Å². The van der Waals surface area contributed by atoms with E-state index in [0.717, 1.165) is 11.3 Å². The van der Waals surface area contributed by atoms with Crippen LogP contribution in [0.4, 0.5) is 5.88 Å². The summed E-state index contributed by atoms with van der Waals surface area (Å²) in [6.07, 6.45) is 0. The van der Waals surface area contributed by atoms with Gasteiger partial charge in [-0.3, -0.25) is 0 Å². The van der Waals surface area contributed by atoms with Gasteiger partial charge in [0.1, 0.15) is 5.69 Å². The van der Waals surface area contributed by atoms with E-state index in [4.69, 9.17) is 15.0 Å². The van der Waals surface area contributed by atoms with Gasteiger partial charge >= 0.3 is 0 Å². The van der Waals surface area contributed by atoms with Crippen molar-refractivity contribution in [2.75, 3.05) is 5.73 Å². The van der Waals surface area contributed by atoms with Gasteiger partial charge in [-0.05, 0) is 17.2 Å². The molecular formula is C11H10N2O2. The maximum Gasteiger partial charge on any atom is 0.222 e. The van der Waals surface area contributed by atoms with Crippen molar-refractivity contribution in [1.82, 2.24) is 5.16 Å². The largest absolute Gasteiger partial charge is 0.372 e. The van der Waals surface area contributed by atoms with E-state index in [1.54, 1.807) is 6.07 Å². The highest BCUT2D eigenvalue weighted by Crippen LogP contribution is 2.26. The number of nitrogens with two attached hydrogens (primary N) is 1. The van der Waals surface area contributed by atoms with Crippen molar-refractivity contribution in [3.63, 3.8) is 0 Å². The van der Waals surface area contributed by atoms with Crippen molar-refractivity contribution in [2.24, 2.45) is 0 Å². The zero-order valence-electron chi connectivity index (χ0n) is 8.06. The number of hydrogen-bond donors (Lipinski definition) is 1. The highest BCUT2D eigenvalue weighted by molar-refractivity contribution is 5.62. The second-order valence-electron chi connectivity index (χ2n) is 3.59. The summed E-state index contributed by atoms with van der Waals surface area (Å²) in [5.41, 5.74) is 9.72. The van der Waals surface area contributed by atoms with Crippen LogP contribution in [0.5, 0.6) is 0 Å². The highest BCUT2D eigenvalue weighted by Gasteiger charge is 2.13. The van der Waals surface area contributed by atoms with Crippen molar-refractivity contribution in [2.45, 2.75) is 13.2 Å². The fourth-order valence-corrected chi connectivity index (χ4v) is 1.76. The van der Waals surface area contributed by atoms with Crippen LogP contribution in [-0.2, 0) is 18.0 Å². The molecule has 0 aliphatic carbocycles. The van der Waals surface area contributed by atoms with Crippen molar-refractivity contribution in [1.29, 1.82) is 0 Å². The predicted molar refractivity (Wildman–Crippen MR) is 54.8 cm³/mol. The molecule has 0 spiro atoms. The van der Waals surface area contributed by atoms with Crippen molar-refractivity contribution in [3.8, 4) is 11.3 Å². The summed E-state index contributed by atoms with van der Waals surface area (Å²) in [6.45, 7) is 1.38. The molecular weight excluding hydrogens is 192 g/mol. The van der Waals surface area contributed by atoms with Crippen LogP contribution in [0.15, 0.2) is 28.8 Å². The van der Waals surface area contributed by atoms with Crippen LogP contribution >= 0.6 is 0 Å². The number of ether oxygens (including phenoxy) is 1. The molecule has 0 bridgehead atoms. The molecule has 15 heavy (non-hydrogen) atoms. The minimum atomic E-state index is 0.335. The van der Waals surface area contributed by atoms with Crippen LogP contribution in [0, 0.1) is 0 Å². The molecule has 1 aromatic heterocycles. The second-order valence-corrected chi connectivity index (χ2v) is 3.59. The average molecular weight is 202 g/mol. The third-order valence-corrected chi connectivity index (χ3v) is 2.55. The zero-order chi connectivity index (χ0) is 10.3. The van der Waals surface area contributed by atoms with Gasteiger partial charge < -0.3 is 15.0 Å². The molecule has 0 saturated carbocycles. The molecule has 0 amide bonds. The van der Waals surface area contributed by atoms with E-state index in [9.17, 15) is 0 Å². The Balaban J connectivity index is 2.06. The molecule has 1 aliphatic rings. The van der Waals surface area contributed by atoms with Crippen LogP contribution in [-0.4, -0.2) is 5.16 Å². The second kappa shape index (κ2) is 3.10. The van der Waals surface area contributed by atoms with E-state index in [1.165, 1.54) is 11.1 Å². The van der Waals surface area contributed by atoms with Crippen molar-refractivity contribution < 1.29 is 9.26 Å². The number of benzene rings is 1. The maximum absolute atomic E-state index is 5.47. The summed E-state index contributed by atoms with van der Waals surface area (Å²) in [7, 11) is 0. The lowest BCUT2D eigenvalue weighted by Gasteiger charge is -1.99. The topological polar surface area (TPSA) is 61.3 Å². The van der Waals surface area contributed by atoms with E-state index in [0.29, 0.717) is 19.1 Å². The maximum atomic E-state index is 5.47. The number of rotatable bonds is 1. The Morgan fingerprint density at radius 3 is 2.80 bits per heavy atom. The third-order valence-electron chi connectivity index (χ3n) is 2.55. The molecule has 1 aromatic carbocycles. The zero-order valence-corrected chi connectivity index (χ0v) is 8.06. The third kappa shape index (κ3) is 1.39. The Morgan fingerprint density at radius 1 is 1.13 bits per heavy atom. The van der Waals surface area contributed by atoms with E-state index in [-0.39, 0.29) is 0 Å². The van der Waals surface area contributed by atoms with E-state index >= 15 is 0 Å². The van der Waals surface area contributed by atoms with Crippen molar-refractivity contribution >= 4 is 5.88 Å². The lowest BCUT2D eigenvalue weighted by molar-refractivity contribution is 0.134. The van der Waals surface area contributed by atoms with Gasteiger partial charge in [0.2, 0.25) is 5.88 Å². The number of hydrogen-bond acceptors (Lipinski definition) is 4. The van der Waals surface area contributed by atoms with Gasteiger partial charge in [0, 0.05) is 11.6 Å². The molecule has 4 heteroatoms. The number of nitrogen functional groups attached to an aromatic ring is 1. The highest BCUT2D eigenvalue weighted by atomic mass is 16.5. The smallest absolute Gasteiger partial charge is 0.222 e. The Hall–Kier alpha value is -1.81. The van der Waals surface area contributed by atoms with Gasteiger partial charge in [-0.15, -0.1) is 0 Å². The van der Waals surface area contributed by atoms with Gasteiger partial charge in [-0.25, -0.2) is 0 Å². The standard InChI is InChI=1S/C11H10N2O2/c12-11-4-10(13-15-11)7-1-2-8-5-14-6-9(8)3-7/h1-4H,5-6,12H2. The first-order valence-electron chi connectivity index (χ1n) is 4.75. The number of nitrogens with zero attached hydrogens (tertiary/aromatic N) is 1. The summed E-state index contributed by atoms with van der Waals surface area (Å²) in [4.78, 5) is 0. The lowest BCUT2D eigenvalue weighted by Crippen LogP contribution is -1.84. The molecule has 1 aliphatic heterocycles. The predicted octanol–water partition coefficient (Wildman–Crippen LogP) is 1.95. The summed E-state index contributed by atoms with van der Waals surface area (Å²) in [5, 5.41) is 3.87. The Labute approximate surface area is 86.6 Å². The van der Waals surface area contributed by atoms with Crippen LogP contribution in [0.1, 0.15) is 11.1 Å². The molecule has 76 valence electrons. The Morgan fingerprint density at radius 2 is 2.00 bits per heavy atom. The molecule has 0 atom stereocenters. The van der Waals surface area contributed by atoms with Gasteiger partial charge in [-0.1, -0.05) is 17.3 Å². The number of anilines is 1. The summed E-state index contributed by atoms with van der Waals surface area (Å²) in [5.74, 6) is 0.335. The molecule has 0 radical (unpaired) electrons. The fraction of sp³-hybridized carbons (Fsp3) is 0.182. The normalized spacial score (nSPS) is 14.1. The van der Waals surface area contributed by atoms with Crippen LogP contribution < -0.4 is 5.73 Å². The van der Waals surface area contributed by atoms with E-state index in [1.807, 2.05) is 6.07 Å². The Kier molecular flexibility index (Phi) is 1.76.